The van der Waals surface area contributed by atoms with Crippen molar-refractivity contribution in [3.8, 4) is 0 Å². The first-order valence-corrected chi connectivity index (χ1v) is 6.23. The van der Waals surface area contributed by atoms with Crippen molar-refractivity contribution < 1.29 is 9.84 Å². The third kappa shape index (κ3) is 1.94. The van der Waals surface area contributed by atoms with E-state index < -0.39 is 5.79 Å². The summed E-state index contributed by atoms with van der Waals surface area (Å²) in [6, 6.07) is 0. The average Bonchev–Trinajstić information content (AvgIpc) is 2.21. The molecule has 0 saturated carbocycles. The number of hydrogen-bond acceptors (Lipinski definition) is 2. The summed E-state index contributed by atoms with van der Waals surface area (Å²) in [6.45, 7) is 12.7. The van der Waals surface area contributed by atoms with Crippen LogP contribution in [0.1, 0.15) is 54.4 Å². The van der Waals surface area contributed by atoms with Gasteiger partial charge in [-0.05, 0) is 31.6 Å². The molecule has 2 nitrogen and oxygen atoms in total. The summed E-state index contributed by atoms with van der Waals surface area (Å²) >= 11 is 0. The van der Waals surface area contributed by atoms with Crippen molar-refractivity contribution in [1.29, 1.82) is 0 Å². The van der Waals surface area contributed by atoms with Crippen LogP contribution in [0.25, 0.3) is 0 Å². The Morgan fingerprint density at radius 1 is 1.07 bits per heavy atom. The second-order valence-electron chi connectivity index (χ2n) is 5.37. The molecular weight excluding hydrogens is 188 g/mol. The van der Waals surface area contributed by atoms with Crippen molar-refractivity contribution in [2.24, 2.45) is 17.8 Å². The minimum absolute atomic E-state index is 0.143. The molecule has 2 heteroatoms. The number of hydrogen-bond donors (Lipinski definition) is 1. The molecule has 1 heterocycles. The average molecular weight is 214 g/mol. The largest absolute Gasteiger partial charge is 0.365 e. The highest BCUT2D eigenvalue weighted by Gasteiger charge is 2.51. The fourth-order valence-corrected chi connectivity index (χ4v) is 3.04. The highest BCUT2D eigenvalue weighted by Crippen LogP contribution is 2.48. The van der Waals surface area contributed by atoms with E-state index in [-0.39, 0.29) is 11.5 Å². The predicted octanol–water partition coefficient (Wildman–Crippen LogP) is 3.19. The second-order valence-corrected chi connectivity index (χ2v) is 5.37. The molecule has 0 spiro atoms. The SMILES string of the molecule is CCC1(CC)OC(C)(O)[C@H](C)[C@@H](C)[C@@H]1C. The molecule has 0 aromatic rings. The summed E-state index contributed by atoms with van der Waals surface area (Å²) in [6.07, 6.45) is 1.94. The van der Waals surface area contributed by atoms with E-state index >= 15 is 0 Å². The first-order chi connectivity index (χ1) is 6.80. The van der Waals surface area contributed by atoms with Crippen LogP contribution >= 0.6 is 0 Å². The van der Waals surface area contributed by atoms with Crippen LogP contribution in [-0.4, -0.2) is 16.5 Å². The van der Waals surface area contributed by atoms with Crippen molar-refractivity contribution >= 4 is 0 Å². The van der Waals surface area contributed by atoms with Gasteiger partial charge in [-0.15, -0.1) is 0 Å². The van der Waals surface area contributed by atoms with Gasteiger partial charge in [0.15, 0.2) is 5.79 Å². The van der Waals surface area contributed by atoms with E-state index in [1.54, 1.807) is 6.92 Å². The molecule has 1 unspecified atom stereocenters. The van der Waals surface area contributed by atoms with Gasteiger partial charge in [0.25, 0.3) is 0 Å². The number of ether oxygens (including phenoxy) is 1. The first-order valence-electron chi connectivity index (χ1n) is 6.23. The van der Waals surface area contributed by atoms with Gasteiger partial charge >= 0.3 is 0 Å². The molecule has 1 rings (SSSR count). The summed E-state index contributed by atoms with van der Waals surface area (Å²) in [7, 11) is 0. The Bertz CT molecular complexity index is 219. The van der Waals surface area contributed by atoms with Crippen LogP contribution < -0.4 is 0 Å². The summed E-state index contributed by atoms with van der Waals surface area (Å²) in [4.78, 5) is 0. The molecule has 0 aromatic heterocycles. The van der Waals surface area contributed by atoms with Crippen LogP contribution in [0.4, 0.5) is 0 Å². The molecule has 1 N–H and O–H groups in total. The molecule has 90 valence electrons. The maximum absolute atomic E-state index is 10.3. The molecule has 1 saturated heterocycles. The fourth-order valence-electron chi connectivity index (χ4n) is 3.04. The predicted molar refractivity (Wildman–Crippen MR) is 62.5 cm³/mol. The molecule has 1 aliphatic rings. The third-order valence-electron chi connectivity index (χ3n) is 4.86. The Balaban J connectivity index is 3.02. The molecule has 0 amide bonds. The first kappa shape index (κ1) is 13.0. The minimum Gasteiger partial charge on any atom is -0.365 e. The van der Waals surface area contributed by atoms with Crippen molar-refractivity contribution in [2.45, 2.75) is 65.8 Å². The van der Waals surface area contributed by atoms with Gasteiger partial charge in [0, 0.05) is 5.92 Å². The van der Waals surface area contributed by atoms with Crippen LogP contribution in [0.3, 0.4) is 0 Å². The highest BCUT2D eigenvalue weighted by atomic mass is 16.6. The van der Waals surface area contributed by atoms with Gasteiger partial charge in [-0.25, -0.2) is 0 Å². The second kappa shape index (κ2) is 4.06. The van der Waals surface area contributed by atoms with Gasteiger partial charge < -0.3 is 9.84 Å². The van der Waals surface area contributed by atoms with Gasteiger partial charge in [0.2, 0.25) is 0 Å². The number of aliphatic hydroxyl groups is 1. The summed E-state index contributed by atoms with van der Waals surface area (Å²) < 4.78 is 6.01. The zero-order valence-corrected chi connectivity index (χ0v) is 11.0. The molecule has 4 atom stereocenters. The fraction of sp³-hybridized carbons (Fsp3) is 1.00. The van der Waals surface area contributed by atoms with E-state index in [1.807, 2.05) is 0 Å². The van der Waals surface area contributed by atoms with Crippen LogP contribution in [-0.2, 0) is 4.74 Å². The van der Waals surface area contributed by atoms with Gasteiger partial charge in [0.05, 0.1) is 5.60 Å². The lowest BCUT2D eigenvalue weighted by Gasteiger charge is -2.54. The Morgan fingerprint density at radius 3 is 1.93 bits per heavy atom. The van der Waals surface area contributed by atoms with E-state index in [4.69, 9.17) is 4.74 Å². The monoisotopic (exact) mass is 214 g/mol. The Hall–Kier alpha value is -0.0800. The van der Waals surface area contributed by atoms with Crippen LogP contribution in [0.15, 0.2) is 0 Å². The van der Waals surface area contributed by atoms with Crippen molar-refractivity contribution in [1.82, 2.24) is 0 Å². The lowest BCUT2D eigenvalue weighted by Crippen LogP contribution is -2.58. The van der Waals surface area contributed by atoms with Crippen LogP contribution in [0.5, 0.6) is 0 Å². The molecule has 0 bridgehead atoms. The molecule has 15 heavy (non-hydrogen) atoms. The van der Waals surface area contributed by atoms with E-state index in [1.165, 1.54) is 0 Å². The Kier molecular flexibility index (Phi) is 3.52. The highest BCUT2D eigenvalue weighted by molar-refractivity contribution is 4.96. The van der Waals surface area contributed by atoms with Crippen molar-refractivity contribution in [2.75, 3.05) is 0 Å². The molecule has 0 radical (unpaired) electrons. The quantitative estimate of drug-likeness (QED) is 0.765. The van der Waals surface area contributed by atoms with Crippen LogP contribution in [0, 0.1) is 17.8 Å². The minimum atomic E-state index is -0.974. The van der Waals surface area contributed by atoms with E-state index in [0.29, 0.717) is 11.8 Å². The van der Waals surface area contributed by atoms with Crippen molar-refractivity contribution in [3.63, 3.8) is 0 Å². The molecule has 0 aliphatic carbocycles. The molecule has 0 aromatic carbocycles. The third-order valence-corrected chi connectivity index (χ3v) is 4.86. The summed E-state index contributed by atoms with van der Waals surface area (Å²) in [5, 5.41) is 10.3. The summed E-state index contributed by atoms with van der Waals surface area (Å²) in [5.74, 6) is 0.216. The lowest BCUT2D eigenvalue weighted by atomic mass is 9.67. The molecule has 1 fully saturated rings. The van der Waals surface area contributed by atoms with E-state index in [2.05, 4.69) is 34.6 Å². The molecule has 1 aliphatic heterocycles. The summed E-state index contributed by atoms with van der Waals surface area (Å²) in [5.41, 5.74) is -0.143. The smallest absolute Gasteiger partial charge is 0.166 e. The van der Waals surface area contributed by atoms with E-state index in [0.717, 1.165) is 12.8 Å². The maximum atomic E-state index is 10.3. The van der Waals surface area contributed by atoms with Crippen LogP contribution in [0.2, 0.25) is 0 Å². The normalized spacial score (nSPS) is 45.4. The topological polar surface area (TPSA) is 29.5 Å². The van der Waals surface area contributed by atoms with Gasteiger partial charge in [-0.1, -0.05) is 34.6 Å². The lowest BCUT2D eigenvalue weighted by molar-refractivity contribution is -0.336. The van der Waals surface area contributed by atoms with Gasteiger partial charge in [-0.3, -0.25) is 0 Å². The van der Waals surface area contributed by atoms with Gasteiger partial charge in [0.1, 0.15) is 0 Å². The van der Waals surface area contributed by atoms with Crippen molar-refractivity contribution in [3.05, 3.63) is 0 Å². The standard InChI is InChI=1S/C13H26O2/c1-7-13(8-2)11(5)9(3)10(4)12(6,14)15-13/h9-11,14H,7-8H2,1-6H3/t9-,10-,11+,12?/m1/s1. The molecular formula is C13H26O2. The number of rotatable bonds is 2. The Morgan fingerprint density at radius 2 is 1.53 bits per heavy atom. The zero-order chi connectivity index (χ0) is 11.9. The van der Waals surface area contributed by atoms with Gasteiger partial charge in [-0.2, -0.15) is 0 Å². The van der Waals surface area contributed by atoms with E-state index in [9.17, 15) is 5.11 Å². The Labute approximate surface area is 94.0 Å². The maximum Gasteiger partial charge on any atom is 0.166 e. The zero-order valence-electron chi connectivity index (χ0n) is 11.0.